The lowest BCUT2D eigenvalue weighted by Crippen LogP contribution is -2.27. The molecule has 0 aliphatic carbocycles. The zero-order valence-electron chi connectivity index (χ0n) is 13.5. The number of hydrogen-bond acceptors (Lipinski definition) is 6. The SMILES string of the molecule is CNc1nc(CCNC(=O)Cc2ccc(OC)c(OC)c2)cs1. The Balaban J connectivity index is 1.82. The summed E-state index contributed by atoms with van der Waals surface area (Å²) in [6.07, 6.45) is 1.02. The second kappa shape index (κ2) is 8.38. The number of rotatable bonds is 8. The van der Waals surface area contributed by atoms with Crippen molar-refractivity contribution < 1.29 is 14.3 Å². The van der Waals surface area contributed by atoms with Crippen LogP contribution in [0, 0.1) is 0 Å². The molecule has 2 N–H and O–H groups in total. The van der Waals surface area contributed by atoms with Crippen molar-refractivity contribution in [1.29, 1.82) is 0 Å². The molecule has 124 valence electrons. The zero-order valence-corrected chi connectivity index (χ0v) is 14.3. The van der Waals surface area contributed by atoms with E-state index in [4.69, 9.17) is 9.47 Å². The van der Waals surface area contributed by atoms with Crippen LogP contribution in [-0.2, 0) is 17.6 Å². The summed E-state index contributed by atoms with van der Waals surface area (Å²) in [7, 11) is 5.00. The summed E-state index contributed by atoms with van der Waals surface area (Å²) in [5, 5.41) is 8.78. The molecule has 0 saturated heterocycles. The highest BCUT2D eigenvalue weighted by Gasteiger charge is 2.08. The van der Waals surface area contributed by atoms with Crippen molar-refractivity contribution in [1.82, 2.24) is 10.3 Å². The molecule has 6 nitrogen and oxygen atoms in total. The van der Waals surface area contributed by atoms with E-state index >= 15 is 0 Å². The number of carbonyl (C=O) groups is 1. The Morgan fingerprint density at radius 1 is 1.26 bits per heavy atom. The van der Waals surface area contributed by atoms with Crippen LogP contribution in [-0.4, -0.2) is 38.7 Å². The van der Waals surface area contributed by atoms with Gasteiger partial charge in [-0.1, -0.05) is 6.07 Å². The van der Waals surface area contributed by atoms with Crippen molar-refractivity contribution in [2.45, 2.75) is 12.8 Å². The molecule has 0 fully saturated rings. The Labute approximate surface area is 139 Å². The molecule has 0 radical (unpaired) electrons. The second-order valence-electron chi connectivity index (χ2n) is 4.86. The molecule has 1 amide bonds. The molecule has 0 aliphatic heterocycles. The zero-order chi connectivity index (χ0) is 16.7. The number of nitrogens with one attached hydrogen (secondary N) is 2. The number of anilines is 1. The minimum absolute atomic E-state index is 0.0266. The summed E-state index contributed by atoms with van der Waals surface area (Å²) < 4.78 is 10.4. The van der Waals surface area contributed by atoms with Crippen molar-refractivity contribution in [2.24, 2.45) is 0 Å². The maximum atomic E-state index is 12.0. The van der Waals surface area contributed by atoms with E-state index in [0.29, 0.717) is 24.5 Å². The Bertz CT molecular complexity index is 658. The van der Waals surface area contributed by atoms with E-state index < -0.39 is 0 Å². The van der Waals surface area contributed by atoms with Crippen molar-refractivity contribution in [3.05, 3.63) is 34.8 Å². The van der Waals surface area contributed by atoms with Crippen LogP contribution in [0.15, 0.2) is 23.6 Å². The number of amides is 1. The molecular formula is C16H21N3O3S. The van der Waals surface area contributed by atoms with Crippen LogP contribution >= 0.6 is 11.3 Å². The molecule has 1 aromatic heterocycles. The van der Waals surface area contributed by atoms with Crippen molar-refractivity contribution in [2.75, 3.05) is 33.1 Å². The Morgan fingerprint density at radius 2 is 2.04 bits per heavy atom. The molecule has 0 aliphatic rings. The van der Waals surface area contributed by atoms with Gasteiger partial charge in [0.05, 0.1) is 26.3 Å². The van der Waals surface area contributed by atoms with E-state index in [1.807, 2.05) is 24.6 Å². The van der Waals surface area contributed by atoms with Crippen LogP contribution in [0.25, 0.3) is 0 Å². The van der Waals surface area contributed by atoms with Gasteiger partial charge in [0, 0.05) is 25.4 Å². The van der Waals surface area contributed by atoms with Gasteiger partial charge in [-0.25, -0.2) is 4.98 Å². The van der Waals surface area contributed by atoms with Crippen LogP contribution in [0.3, 0.4) is 0 Å². The van der Waals surface area contributed by atoms with Gasteiger partial charge in [-0.15, -0.1) is 11.3 Å². The molecule has 1 aromatic carbocycles. The normalized spacial score (nSPS) is 10.2. The highest BCUT2D eigenvalue weighted by molar-refractivity contribution is 7.13. The highest BCUT2D eigenvalue weighted by atomic mass is 32.1. The third-order valence-electron chi connectivity index (χ3n) is 3.28. The van der Waals surface area contributed by atoms with Gasteiger partial charge >= 0.3 is 0 Å². The monoisotopic (exact) mass is 335 g/mol. The summed E-state index contributed by atoms with van der Waals surface area (Å²) in [6, 6.07) is 5.48. The summed E-state index contributed by atoms with van der Waals surface area (Å²) in [5.74, 6) is 1.25. The van der Waals surface area contributed by atoms with Gasteiger partial charge in [0.25, 0.3) is 0 Å². The van der Waals surface area contributed by atoms with Crippen LogP contribution < -0.4 is 20.1 Å². The summed E-state index contributed by atoms with van der Waals surface area (Å²) in [4.78, 5) is 16.4. The predicted molar refractivity (Wildman–Crippen MR) is 91.6 cm³/mol. The largest absolute Gasteiger partial charge is 0.493 e. The predicted octanol–water partition coefficient (Wildman–Crippen LogP) is 2.10. The second-order valence-corrected chi connectivity index (χ2v) is 5.72. The Morgan fingerprint density at radius 3 is 2.70 bits per heavy atom. The standard InChI is InChI=1S/C16H21N3O3S/c1-17-16-19-12(10-23-16)6-7-18-15(20)9-11-4-5-13(21-2)14(8-11)22-3/h4-5,8,10H,6-7,9H2,1-3H3,(H,17,19)(H,18,20). The average molecular weight is 335 g/mol. The molecule has 2 aromatic rings. The average Bonchev–Trinajstić information content (AvgIpc) is 3.02. The number of methoxy groups -OCH3 is 2. The van der Waals surface area contributed by atoms with E-state index in [1.165, 1.54) is 0 Å². The van der Waals surface area contributed by atoms with Gasteiger partial charge in [-0.05, 0) is 17.7 Å². The summed E-state index contributed by atoms with van der Waals surface area (Å²) in [6.45, 7) is 0.568. The molecule has 7 heteroatoms. The lowest BCUT2D eigenvalue weighted by molar-refractivity contribution is -0.120. The minimum Gasteiger partial charge on any atom is -0.493 e. The molecule has 23 heavy (non-hydrogen) atoms. The van der Waals surface area contributed by atoms with Crippen LogP contribution in [0.5, 0.6) is 11.5 Å². The first-order chi connectivity index (χ1) is 11.2. The fourth-order valence-electron chi connectivity index (χ4n) is 2.11. The number of ether oxygens (including phenoxy) is 2. The van der Waals surface area contributed by atoms with Gasteiger partial charge in [0.15, 0.2) is 16.6 Å². The molecule has 0 spiro atoms. The van der Waals surface area contributed by atoms with Gasteiger partial charge in [0.1, 0.15) is 0 Å². The molecule has 1 heterocycles. The van der Waals surface area contributed by atoms with E-state index in [0.717, 1.165) is 22.8 Å². The number of nitrogens with zero attached hydrogens (tertiary/aromatic N) is 1. The maximum absolute atomic E-state index is 12.0. The van der Waals surface area contributed by atoms with E-state index in [1.54, 1.807) is 31.6 Å². The molecule has 2 rings (SSSR count). The Kier molecular flexibility index (Phi) is 6.22. The molecule has 0 unspecified atom stereocenters. The number of hydrogen-bond donors (Lipinski definition) is 2. The summed E-state index contributed by atoms with van der Waals surface area (Å²) >= 11 is 1.56. The van der Waals surface area contributed by atoms with E-state index in [9.17, 15) is 4.79 Å². The maximum Gasteiger partial charge on any atom is 0.224 e. The fraction of sp³-hybridized carbons (Fsp3) is 0.375. The van der Waals surface area contributed by atoms with Gasteiger partial charge in [-0.2, -0.15) is 0 Å². The van der Waals surface area contributed by atoms with Gasteiger partial charge in [-0.3, -0.25) is 4.79 Å². The number of thiazole rings is 1. The number of carbonyl (C=O) groups excluding carboxylic acids is 1. The topological polar surface area (TPSA) is 72.5 Å². The molecule has 0 bridgehead atoms. The van der Waals surface area contributed by atoms with E-state index in [-0.39, 0.29) is 5.91 Å². The fourth-order valence-corrected chi connectivity index (χ4v) is 2.81. The van der Waals surface area contributed by atoms with Crippen LogP contribution in [0.4, 0.5) is 5.13 Å². The van der Waals surface area contributed by atoms with Crippen LogP contribution in [0.1, 0.15) is 11.3 Å². The van der Waals surface area contributed by atoms with Crippen molar-refractivity contribution >= 4 is 22.4 Å². The smallest absolute Gasteiger partial charge is 0.224 e. The minimum atomic E-state index is -0.0266. The highest BCUT2D eigenvalue weighted by Crippen LogP contribution is 2.27. The van der Waals surface area contributed by atoms with Gasteiger partial charge < -0.3 is 20.1 Å². The third-order valence-corrected chi connectivity index (χ3v) is 4.19. The molecular weight excluding hydrogens is 314 g/mol. The van der Waals surface area contributed by atoms with E-state index in [2.05, 4.69) is 15.6 Å². The molecule has 0 atom stereocenters. The first-order valence-electron chi connectivity index (χ1n) is 7.26. The first kappa shape index (κ1) is 17.1. The molecule has 0 saturated carbocycles. The van der Waals surface area contributed by atoms with Crippen LogP contribution in [0.2, 0.25) is 0 Å². The first-order valence-corrected chi connectivity index (χ1v) is 8.14. The summed E-state index contributed by atoms with van der Waals surface area (Å²) in [5.41, 5.74) is 1.86. The van der Waals surface area contributed by atoms with Gasteiger partial charge in [0.2, 0.25) is 5.91 Å². The quantitative estimate of drug-likeness (QED) is 0.773. The van der Waals surface area contributed by atoms with Crippen molar-refractivity contribution in [3.63, 3.8) is 0 Å². The Hall–Kier alpha value is -2.28. The number of benzene rings is 1. The number of aromatic nitrogens is 1. The lowest BCUT2D eigenvalue weighted by Gasteiger charge is -2.09. The van der Waals surface area contributed by atoms with Crippen molar-refractivity contribution in [3.8, 4) is 11.5 Å². The third kappa shape index (κ3) is 4.85. The lowest BCUT2D eigenvalue weighted by atomic mass is 10.1.